The van der Waals surface area contributed by atoms with Crippen LogP contribution in [-0.4, -0.2) is 31.7 Å². The molecule has 2 atom stereocenters. The van der Waals surface area contributed by atoms with E-state index in [0.29, 0.717) is 25.2 Å². The second-order valence-corrected chi connectivity index (χ2v) is 9.87. The Morgan fingerprint density at radius 3 is 2.45 bits per heavy atom. The summed E-state index contributed by atoms with van der Waals surface area (Å²) in [6.07, 6.45) is 3.52. The van der Waals surface area contributed by atoms with E-state index >= 15 is 0 Å². The van der Waals surface area contributed by atoms with Crippen LogP contribution in [0.4, 0.5) is 10.1 Å². The average molecular weight is 417 g/mol. The molecule has 2 fully saturated rings. The normalized spacial score (nSPS) is 22.3. The second-order valence-electron chi connectivity index (χ2n) is 7.93. The molecule has 154 valence electrons. The molecule has 0 bridgehead atoms. The first kappa shape index (κ1) is 20.0. The summed E-state index contributed by atoms with van der Waals surface area (Å²) in [6.45, 7) is 2.93. The summed E-state index contributed by atoms with van der Waals surface area (Å²) in [5, 5.41) is 2.90. The standard InChI is InChI=1S/C22H25FN2O3S/c1-15-5-10-18(29(27,28)25-11-3-2-4-12-25)13-21(15)24-22(26)20-14-19(20)16-6-8-17(23)9-7-16/h5-10,13,19-20H,2-4,11-12,14H2,1H3,(H,24,26). The van der Waals surface area contributed by atoms with Crippen molar-refractivity contribution in [2.24, 2.45) is 5.92 Å². The van der Waals surface area contributed by atoms with Crippen LogP contribution in [0.1, 0.15) is 42.7 Å². The number of nitrogens with zero attached hydrogens (tertiary/aromatic N) is 1. The van der Waals surface area contributed by atoms with Gasteiger partial charge in [-0.1, -0.05) is 24.6 Å². The summed E-state index contributed by atoms with van der Waals surface area (Å²) in [6, 6.07) is 11.1. The number of anilines is 1. The van der Waals surface area contributed by atoms with Gasteiger partial charge in [-0.3, -0.25) is 4.79 Å². The van der Waals surface area contributed by atoms with Crippen molar-refractivity contribution in [3.63, 3.8) is 0 Å². The van der Waals surface area contributed by atoms with Gasteiger partial charge in [-0.25, -0.2) is 12.8 Å². The molecule has 0 spiro atoms. The number of hydrogen-bond acceptors (Lipinski definition) is 3. The lowest BCUT2D eigenvalue weighted by atomic mass is 10.1. The highest BCUT2D eigenvalue weighted by atomic mass is 32.2. The Morgan fingerprint density at radius 1 is 1.07 bits per heavy atom. The van der Waals surface area contributed by atoms with E-state index < -0.39 is 10.0 Å². The van der Waals surface area contributed by atoms with E-state index in [4.69, 9.17) is 0 Å². The first-order valence-corrected chi connectivity index (χ1v) is 11.5. The van der Waals surface area contributed by atoms with Gasteiger partial charge >= 0.3 is 0 Å². The number of amides is 1. The number of benzene rings is 2. The van der Waals surface area contributed by atoms with Crippen LogP contribution in [0.5, 0.6) is 0 Å². The maximum Gasteiger partial charge on any atom is 0.243 e. The molecule has 4 rings (SSSR count). The van der Waals surface area contributed by atoms with Gasteiger partial charge in [0.1, 0.15) is 5.82 Å². The van der Waals surface area contributed by atoms with Gasteiger partial charge in [0, 0.05) is 24.7 Å². The van der Waals surface area contributed by atoms with Crippen LogP contribution >= 0.6 is 0 Å². The number of carbonyl (C=O) groups excluding carboxylic acids is 1. The maximum absolute atomic E-state index is 13.1. The van der Waals surface area contributed by atoms with Gasteiger partial charge in [-0.2, -0.15) is 4.31 Å². The molecule has 1 N–H and O–H groups in total. The van der Waals surface area contributed by atoms with Gasteiger partial charge in [-0.15, -0.1) is 0 Å². The lowest BCUT2D eigenvalue weighted by Crippen LogP contribution is -2.35. The number of carbonyl (C=O) groups is 1. The molecule has 1 saturated heterocycles. The smallest absolute Gasteiger partial charge is 0.243 e. The summed E-state index contributed by atoms with van der Waals surface area (Å²) in [7, 11) is -3.55. The van der Waals surface area contributed by atoms with Gasteiger partial charge in [0.25, 0.3) is 0 Å². The molecule has 1 amide bonds. The minimum absolute atomic E-state index is 0.0798. The molecule has 0 aromatic heterocycles. The van der Waals surface area contributed by atoms with E-state index in [0.717, 1.165) is 30.4 Å². The number of halogens is 1. The van der Waals surface area contributed by atoms with Crippen LogP contribution in [0.3, 0.4) is 0 Å². The topological polar surface area (TPSA) is 66.5 Å². The fourth-order valence-corrected chi connectivity index (χ4v) is 5.48. The van der Waals surface area contributed by atoms with Crippen LogP contribution in [0.25, 0.3) is 0 Å². The van der Waals surface area contributed by atoms with Crippen LogP contribution in [0.15, 0.2) is 47.4 Å². The van der Waals surface area contributed by atoms with Crippen molar-refractivity contribution in [2.75, 3.05) is 18.4 Å². The SMILES string of the molecule is Cc1ccc(S(=O)(=O)N2CCCCC2)cc1NC(=O)C1CC1c1ccc(F)cc1. The lowest BCUT2D eigenvalue weighted by Gasteiger charge is -2.26. The third-order valence-corrected chi connectivity index (χ3v) is 7.74. The van der Waals surface area contributed by atoms with Crippen LogP contribution < -0.4 is 5.32 Å². The zero-order chi connectivity index (χ0) is 20.6. The molecule has 29 heavy (non-hydrogen) atoms. The number of aryl methyl sites for hydroxylation is 1. The fraction of sp³-hybridized carbons (Fsp3) is 0.409. The van der Waals surface area contributed by atoms with Crippen molar-refractivity contribution in [3.8, 4) is 0 Å². The molecule has 2 aliphatic rings. The quantitative estimate of drug-likeness (QED) is 0.800. The third-order valence-electron chi connectivity index (χ3n) is 5.85. The van der Waals surface area contributed by atoms with Gasteiger partial charge in [0.15, 0.2) is 0 Å². The molecule has 5 nitrogen and oxygen atoms in total. The van der Waals surface area contributed by atoms with Crippen molar-refractivity contribution in [1.82, 2.24) is 4.31 Å². The fourth-order valence-electron chi connectivity index (χ4n) is 3.94. The maximum atomic E-state index is 13.1. The Kier molecular flexibility index (Phi) is 5.44. The molecule has 1 aliphatic heterocycles. The Bertz CT molecular complexity index is 1010. The van der Waals surface area contributed by atoms with E-state index in [9.17, 15) is 17.6 Å². The van der Waals surface area contributed by atoms with E-state index in [1.54, 1.807) is 30.3 Å². The Labute approximate surface area is 171 Å². The number of sulfonamides is 1. The molecule has 1 heterocycles. The largest absolute Gasteiger partial charge is 0.326 e. The Hall–Kier alpha value is -2.25. The van der Waals surface area contributed by atoms with Crippen molar-refractivity contribution in [3.05, 3.63) is 59.4 Å². The predicted octanol–water partition coefficient (Wildman–Crippen LogP) is 4.05. The highest BCUT2D eigenvalue weighted by Crippen LogP contribution is 2.48. The minimum atomic E-state index is -3.55. The van der Waals surface area contributed by atoms with E-state index in [1.165, 1.54) is 16.4 Å². The molecule has 1 saturated carbocycles. The number of nitrogens with one attached hydrogen (secondary N) is 1. The van der Waals surface area contributed by atoms with Crippen LogP contribution in [0, 0.1) is 18.7 Å². The first-order valence-electron chi connectivity index (χ1n) is 10.0. The van der Waals surface area contributed by atoms with Gasteiger partial charge in [-0.05, 0) is 67.5 Å². The van der Waals surface area contributed by atoms with Crippen molar-refractivity contribution in [2.45, 2.75) is 43.4 Å². The van der Waals surface area contributed by atoms with Crippen molar-refractivity contribution < 1.29 is 17.6 Å². The summed E-state index contributed by atoms with van der Waals surface area (Å²) in [4.78, 5) is 12.9. The summed E-state index contributed by atoms with van der Waals surface area (Å²) < 4.78 is 40.5. The predicted molar refractivity (Wildman–Crippen MR) is 110 cm³/mol. The highest BCUT2D eigenvalue weighted by molar-refractivity contribution is 7.89. The van der Waals surface area contributed by atoms with E-state index in [-0.39, 0.29) is 28.5 Å². The Morgan fingerprint density at radius 2 is 1.76 bits per heavy atom. The molecular formula is C22H25FN2O3S. The number of hydrogen-bond donors (Lipinski definition) is 1. The van der Waals surface area contributed by atoms with Crippen LogP contribution in [-0.2, 0) is 14.8 Å². The third kappa shape index (κ3) is 4.21. The second kappa shape index (κ2) is 7.88. The molecular weight excluding hydrogens is 391 g/mol. The summed E-state index contributed by atoms with van der Waals surface area (Å²) in [5.41, 5.74) is 2.29. The minimum Gasteiger partial charge on any atom is -0.326 e. The molecule has 2 aromatic rings. The zero-order valence-corrected chi connectivity index (χ0v) is 17.2. The van der Waals surface area contributed by atoms with E-state index in [2.05, 4.69) is 5.32 Å². The molecule has 2 unspecified atom stereocenters. The molecule has 1 aliphatic carbocycles. The highest BCUT2D eigenvalue weighted by Gasteiger charge is 2.44. The molecule has 0 radical (unpaired) electrons. The number of piperidine rings is 1. The molecule has 2 aromatic carbocycles. The average Bonchev–Trinajstić information content (AvgIpc) is 3.52. The van der Waals surface area contributed by atoms with Crippen LogP contribution in [0.2, 0.25) is 0 Å². The summed E-state index contributed by atoms with van der Waals surface area (Å²) in [5.74, 6) is -0.522. The monoisotopic (exact) mass is 416 g/mol. The first-order chi connectivity index (χ1) is 13.9. The van der Waals surface area contributed by atoms with Crippen molar-refractivity contribution >= 4 is 21.6 Å². The molecule has 7 heteroatoms. The van der Waals surface area contributed by atoms with Gasteiger partial charge < -0.3 is 5.32 Å². The number of rotatable bonds is 5. The van der Waals surface area contributed by atoms with Crippen molar-refractivity contribution in [1.29, 1.82) is 0 Å². The Balaban J connectivity index is 1.48. The van der Waals surface area contributed by atoms with Gasteiger partial charge in [0.2, 0.25) is 15.9 Å². The lowest BCUT2D eigenvalue weighted by molar-refractivity contribution is -0.117. The summed E-state index contributed by atoms with van der Waals surface area (Å²) >= 11 is 0. The van der Waals surface area contributed by atoms with E-state index in [1.807, 2.05) is 6.92 Å². The zero-order valence-electron chi connectivity index (χ0n) is 16.4. The van der Waals surface area contributed by atoms with Gasteiger partial charge in [0.05, 0.1) is 4.90 Å².